The molecule has 49 heavy (non-hydrogen) atoms. The van der Waals surface area contributed by atoms with Crippen LogP contribution in [0.1, 0.15) is 202 Å². The van der Waals surface area contributed by atoms with E-state index in [4.69, 9.17) is 4.74 Å². The van der Waals surface area contributed by atoms with Crippen molar-refractivity contribution in [2.45, 2.75) is 250 Å². The molecule has 2 N–H and O–H groups in total. The molecule has 3 rings (SSSR count). The van der Waals surface area contributed by atoms with Crippen LogP contribution in [0.4, 0.5) is 0 Å². The first-order valence-electron chi connectivity index (χ1n) is 21.7. The number of carbonyl (C=O) groups is 1. The molecule has 0 amide bonds. The molecule has 7 unspecified atom stereocenters. The standard InChI is InChI=1S/C42H81N3O4/c1-7-13-19-25-35-36(26-20-14-8-2)43(35)42(31-41(48)49-33-34(47)32-46,44-37(27-21-15-9-3)38(44)28-22-16-10-4)45-39(29-23-17-11-5)40(45)30-24-18-12-6/h34-40,46-47H,7-33H2,1-6H3. The SMILES string of the molecule is CCCCCC1C(CCCCC)N1C(CC(=O)OCC(O)CO)(N1C(CCCCC)C1CCCCC)N1C(CCCCC)C1CCCCC. The van der Waals surface area contributed by atoms with Gasteiger partial charge in [0.15, 0.2) is 0 Å². The summed E-state index contributed by atoms with van der Waals surface area (Å²) in [6, 6.07) is 3.09. The van der Waals surface area contributed by atoms with Gasteiger partial charge < -0.3 is 14.9 Å². The first-order chi connectivity index (χ1) is 23.9. The zero-order chi connectivity index (χ0) is 35.6. The third-order valence-electron chi connectivity index (χ3n) is 12.1. The molecule has 0 bridgehead atoms. The van der Waals surface area contributed by atoms with E-state index in [9.17, 15) is 15.0 Å². The Bertz CT molecular complexity index is 752. The number of unbranched alkanes of at least 4 members (excludes halogenated alkanes) is 12. The van der Waals surface area contributed by atoms with Crippen LogP contribution in [0.3, 0.4) is 0 Å². The van der Waals surface area contributed by atoms with Gasteiger partial charge in [0.2, 0.25) is 0 Å². The minimum absolute atomic E-state index is 0.134. The fourth-order valence-corrected chi connectivity index (χ4v) is 9.37. The van der Waals surface area contributed by atoms with Crippen molar-refractivity contribution in [3.8, 4) is 0 Å². The summed E-state index contributed by atoms with van der Waals surface area (Å²) in [5.74, 6) is -0.673. The summed E-state index contributed by atoms with van der Waals surface area (Å²) in [6.07, 6.45) is 29.1. The Balaban J connectivity index is 2.12. The monoisotopic (exact) mass is 692 g/mol. The van der Waals surface area contributed by atoms with Crippen molar-refractivity contribution in [1.82, 2.24) is 14.7 Å². The summed E-state index contributed by atoms with van der Waals surface area (Å²) in [5, 5.41) is 19.7. The van der Waals surface area contributed by atoms with E-state index in [1.807, 2.05) is 0 Å². The highest BCUT2D eigenvalue weighted by atomic mass is 16.5. The van der Waals surface area contributed by atoms with Crippen LogP contribution in [0.5, 0.6) is 0 Å². The number of aliphatic hydroxyl groups excluding tert-OH is 2. The maximum atomic E-state index is 14.2. The van der Waals surface area contributed by atoms with E-state index in [0.717, 1.165) is 0 Å². The number of carbonyl (C=O) groups excluding carboxylic acids is 1. The quantitative estimate of drug-likeness (QED) is 0.0413. The van der Waals surface area contributed by atoms with Gasteiger partial charge in [0, 0.05) is 36.3 Å². The molecule has 288 valence electrons. The second kappa shape index (κ2) is 23.0. The van der Waals surface area contributed by atoms with E-state index in [2.05, 4.69) is 56.2 Å². The molecule has 0 spiro atoms. The minimum Gasteiger partial charge on any atom is -0.463 e. The van der Waals surface area contributed by atoms with Crippen molar-refractivity contribution in [2.24, 2.45) is 0 Å². The lowest BCUT2D eigenvalue weighted by molar-refractivity contribution is -0.158. The molecular weight excluding hydrogens is 610 g/mol. The molecule has 0 aromatic rings. The second-order valence-corrected chi connectivity index (χ2v) is 16.1. The average molecular weight is 692 g/mol. The molecule has 3 aliphatic heterocycles. The van der Waals surface area contributed by atoms with E-state index in [-0.39, 0.29) is 19.2 Å². The Morgan fingerprint density at radius 2 is 0.796 bits per heavy atom. The smallest absolute Gasteiger partial charge is 0.310 e. The Morgan fingerprint density at radius 1 is 0.531 bits per heavy atom. The summed E-state index contributed by atoms with van der Waals surface area (Å²) >= 11 is 0. The normalized spacial score (nSPS) is 30.6. The summed E-state index contributed by atoms with van der Waals surface area (Å²) in [4.78, 5) is 22.8. The maximum Gasteiger partial charge on any atom is 0.310 e. The molecule has 3 aliphatic rings. The highest BCUT2D eigenvalue weighted by Crippen LogP contribution is 2.60. The van der Waals surface area contributed by atoms with Crippen molar-refractivity contribution in [2.75, 3.05) is 13.2 Å². The lowest BCUT2D eigenvalue weighted by Crippen LogP contribution is -2.58. The van der Waals surface area contributed by atoms with Crippen LogP contribution in [-0.2, 0) is 9.53 Å². The molecule has 0 aromatic heterocycles. The van der Waals surface area contributed by atoms with Crippen molar-refractivity contribution >= 4 is 5.97 Å². The highest BCUT2D eigenvalue weighted by molar-refractivity contribution is 5.71. The van der Waals surface area contributed by atoms with Gasteiger partial charge in [0.1, 0.15) is 18.5 Å². The van der Waals surface area contributed by atoms with Gasteiger partial charge in [-0.3, -0.25) is 19.5 Å². The number of hydrogen-bond acceptors (Lipinski definition) is 7. The summed E-state index contributed by atoms with van der Waals surface area (Å²) in [5.41, 5.74) is 0. The van der Waals surface area contributed by atoms with Crippen LogP contribution in [0.15, 0.2) is 0 Å². The molecule has 7 heteroatoms. The lowest BCUT2D eigenvalue weighted by Gasteiger charge is -2.42. The summed E-state index contributed by atoms with van der Waals surface area (Å²) < 4.78 is 5.86. The second-order valence-electron chi connectivity index (χ2n) is 16.1. The van der Waals surface area contributed by atoms with Crippen LogP contribution >= 0.6 is 0 Å². The van der Waals surface area contributed by atoms with Crippen molar-refractivity contribution < 1.29 is 19.7 Å². The van der Waals surface area contributed by atoms with Crippen molar-refractivity contribution in [3.05, 3.63) is 0 Å². The maximum absolute atomic E-state index is 14.2. The third-order valence-corrected chi connectivity index (χ3v) is 12.1. The Hall–Kier alpha value is -0.730. The number of aliphatic hydroxyl groups is 2. The van der Waals surface area contributed by atoms with Gasteiger partial charge in [0.25, 0.3) is 0 Å². The van der Waals surface area contributed by atoms with Gasteiger partial charge in [-0.2, -0.15) is 0 Å². The molecule has 7 nitrogen and oxygen atoms in total. The Kier molecular flexibility index (Phi) is 20.1. The predicted molar refractivity (Wildman–Crippen MR) is 204 cm³/mol. The van der Waals surface area contributed by atoms with Gasteiger partial charge in [-0.25, -0.2) is 0 Å². The Labute approximate surface area is 303 Å². The van der Waals surface area contributed by atoms with E-state index in [0.29, 0.717) is 42.7 Å². The van der Waals surface area contributed by atoms with Crippen LogP contribution in [0, 0.1) is 0 Å². The van der Waals surface area contributed by atoms with E-state index in [1.165, 1.54) is 154 Å². The number of rotatable bonds is 32. The van der Waals surface area contributed by atoms with Crippen molar-refractivity contribution in [1.29, 1.82) is 0 Å². The van der Waals surface area contributed by atoms with Crippen LogP contribution in [0.2, 0.25) is 0 Å². The average Bonchev–Trinajstić information content (AvgIpc) is 4.05. The first kappa shape index (κ1) is 42.7. The number of hydrogen-bond donors (Lipinski definition) is 2. The molecule has 7 atom stereocenters. The molecule has 0 saturated carbocycles. The largest absolute Gasteiger partial charge is 0.463 e. The van der Waals surface area contributed by atoms with Gasteiger partial charge >= 0.3 is 5.97 Å². The summed E-state index contributed by atoms with van der Waals surface area (Å²) in [6.45, 7) is 13.3. The van der Waals surface area contributed by atoms with E-state index < -0.39 is 11.9 Å². The molecule has 0 aliphatic carbocycles. The fraction of sp³-hybridized carbons (Fsp3) is 0.976. The van der Waals surface area contributed by atoms with E-state index >= 15 is 0 Å². The number of esters is 1. The molecule has 0 aromatic carbocycles. The fourth-order valence-electron chi connectivity index (χ4n) is 9.37. The van der Waals surface area contributed by atoms with Gasteiger partial charge in [0.05, 0.1) is 13.0 Å². The first-order valence-corrected chi connectivity index (χ1v) is 21.7. The lowest BCUT2D eigenvalue weighted by atomic mass is 10.1. The topological polar surface area (TPSA) is 75.8 Å². The molecule has 0 radical (unpaired) electrons. The van der Waals surface area contributed by atoms with E-state index in [1.54, 1.807) is 0 Å². The van der Waals surface area contributed by atoms with Gasteiger partial charge in [-0.05, 0) is 38.5 Å². The summed E-state index contributed by atoms with van der Waals surface area (Å²) in [7, 11) is 0. The zero-order valence-electron chi connectivity index (χ0n) is 33.2. The van der Waals surface area contributed by atoms with Crippen LogP contribution in [0.25, 0.3) is 0 Å². The minimum atomic E-state index is -1.03. The molecule has 3 heterocycles. The van der Waals surface area contributed by atoms with Crippen LogP contribution in [-0.4, -0.2) is 92.2 Å². The predicted octanol–water partition coefficient (Wildman–Crippen LogP) is 9.57. The molecule has 3 saturated heterocycles. The third kappa shape index (κ3) is 12.2. The molecule has 3 fully saturated rings. The Morgan fingerprint density at radius 3 is 1.02 bits per heavy atom. The number of ether oxygens (including phenoxy) is 1. The van der Waals surface area contributed by atoms with Gasteiger partial charge in [-0.15, -0.1) is 0 Å². The van der Waals surface area contributed by atoms with Crippen molar-refractivity contribution in [3.63, 3.8) is 0 Å². The number of nitrogens with zero attached hydrogens (tertiary/aromatic N) is 3. The van der Waals surface area contributed by atoms with Gasteiger partial charge in [-0.1, -0.05) is 157 Å². The highest BCUT2D eigenvalue weighted by Gasteiger charge is 2.74. The zero-order valence-corrected chi connectivity index (χ0v) is 33.2. The molecular formula is C42H81N3O4. The van der Waals surface area contributed by atoms with Crippen LogP contribution < -0.4 is 0 Å².